The molecule has 1 aliphatic heterocycles. The number of hydrogen-bond donors (Lipinski definition) is 1. The average Bonchev–Trinajstić information content (AvgIpc) is 2.84. The van der Waals surface area contributed by atoms with Crippen LogP contribution in [0.3, 0.4) is 0 Å². The molecule has 0 spiro atoms. The molecule has 5 nitrogen and oxygen atoms in total. The molecule has 0 radical (unpaired) electrons. The van der Waals surface area contributed by atoms with Gasteiger partial charge in [0.2, 0.25) is 10.0 Å². The Morgan fingerprint density at radius 3 is 2.56 bits per heavy atom. The summed E-state index contributed by atoms with van der Waals surface area (Å²) in [5.41, 5.74) is 2.35. The molecular weight excluding hydrogens is 383 g/mol. The predicted molar refractivity (Wildman–Crippen MR) is 101 cm³/mol. The third kappa shape index (κ3) is 3.61. The van der Waals surface area contributed by atoms with Crippen LogP contribution in [0.5, 0.6) is 0 Å². The van der Waals surface area contributed by atoms with E-state index in [2.05, 4.69) is 5.32 Å². The van der Waals surface area contributed by atoms with E-state index in [9.17, 15) is 13.2 Å². The molecule has 132 valence electrons. The van der Waals surface area contributed by atoms with E-state index >= 15 is 0 Å². The van der Waals surface area contributed by atoms with Gasteiger partial charge in [0.1, 0.15) is 0 Å². The highest BCUT2D eigenvalue weighted by Gasteiger charge is 2.32. The lowest BCUT2D eigenvalue weighted by Crippen LogP contribution is -2.34. The van der Waals surface area contributed by atoms with Gasteiger partial charge in [-0.15, -0.1) is 0 Å². The van der Waals surface area contributed by atoms with E-state index in [0.29, 0.717) is 33.4 Å². The Bertz CT molecular complexity index is 960. The Morgan fingerprint density at radius 1 is 1.20 bits per heavy atom. The van der Waals surface area contributed by atoms with E-state index in [1.165, 1.54) is 10.6 Å². The van der Waals surface area contributed by atoms with Crippen LogP contribution in [0.15, 0.2) is 36.4 Å². The number of carbonyl (C=O) groups is 1. The number of anilines is 2. The summed E-state index contributed by atoms with van der Waals surface area (Å²) in [6.07, 6.45) is 1.74. The molecule has 8 heteroatoms. The van der Waals surface area contributed by atoms with Gasteiger partial charge >= 0.3 is 0 Å². The molecule has 25 heavy (non-hydrogen) atoms. The largest absolute Gasteiger partial charge is 0.321 e. The van der Waals surface area contributed by atoms with Crippen LogP contribution >= 0.6 is 23.2 Å². The summed E-state index contributed by atoms with van der Waals surface area (Å²) in [6, 6.07) is 9.63. The van der Waals surface area contributed by atoms with E-state index in [-0.39, 0.29) is 11.9 Å². The Kier molecular flexibility index (Phi) is 4.70. The van der Waals surface area contributed by atoms with Crippen LogP contribution < -0.4 is 9.62 Å². The highest BCUT2D eigenvalue weighted by atomic mass is 35.5. The van der Waals surface area contributed by atoms with Gasteiger partial charge in [0.25, 0.3) is 5.91 Å². The summed E-state index contributed by atoms with van der Waals surface area (Å²) < 4.78 is 25.3. The van der Waals surface area contributed by atoms with Crippen LogP contribution in [0.4, 0.5) is 11.4 Å². The third-order valence-electron chi connectivity index (χ3n) is 4.03. The van der Waals surface area contributed by atoms with Crippen LogP contribution in [-0.4, -0.2) is 26.6 Å². The van der Waals surface area contributed by atoms with Crippen molar-refractivity contribution in [2.24, 2.45) is 0 Å². The number of nitrogens with one attached hydrogen (secondary N) is 1. The van der Waals surface area contributed by atoms with Crippen molar-refractivity contribution in [3.05, 3.63) is 57.6 Å². The summed E-state index contributed by atoms with van der Waals surface area (Å²) in [5, 5.41) is 3.56. The van der Waals surface area contributed by atoms with E-state index in [1.54, 1.807) is 36.4 Å². The first kappa shape index (κ1) is 18.0. The molecular formula is C17H16Cl2N2O3S. The second-order valence-electron chi connectivity index (χ2n) is 6.03. The Balaban J connectivity index is 1.88. The summed E-state index contributed by atoms with van der Waals surface area (Å²) in [5.74, 6) is -0.322. The van der Waals surface area contributed by atoms with Gasteiger partial charge in [-0.1, -0.05) is 23.2 Å². The monoisotopic (exact) mass is 398 g/mol. The summed E-state index contributed by atoms with van der Waals surface area (Å²) in [4.78, 5) is 12.5. The summed E-state index contributed by atoms with van der Waals surface area (Å²) >= 11 is 11.9. The maximum Gasteiger partial charge on any atom is 0.255 e. The fourth-order valence-electron chi connectivity index (χ4n) is 3.03. The van der Waals surface area contributed by atoms with Crippen molar-refractivity contribution in [1.29, 1.82) is 0 Å². The minimum absolute atomic E-state index is 0.172. The molecule has 0 fully saturated rings. The lowest BCUT2D eigenvalue weighted by Gasteiger charge is -2.21. The number of nitrogens with zero attached hydrogens (tertiary/aromatic N) is 1. The highest BCUT2D eigenvalue weighted by Crippen LogP contribution is 2.35. The van der Waals surface area contributed by atoms with E-state index < -0.39 is 10.0 Å². The van der Waals surface area contributed by atoms with E-state index in [1.807, 2.05) is 6.92 Å². The zero-order chi connectivity index (χ0) is 18.4. The van der Waals surface area contributed by atoms with Crippen LogP contribution in [-0.2, 0) is 16.4 Å². The fraction of sp³-hybridized carbons (Fsp3) is 0.235. The second-order valence-corrected chi connectivity index (χ2v) is 8.74. The normalized spacial score (nSPS) is 16.6. The number of hydrogen-bond acceptors (Lipinski definition) is 3. The average molecular weight is 399 g/mol. The zero-order valence-electron chi connectivity index (χ0n) is 13.6. The van der Waals surface area contributed by atoms with Gasteiger partial charge in [0, 0.05) is 16.6 Å². The van der Waals surface area contributed by atoms with Crippen LogP contribution in [0.2, 0.25) is 10.0 Å². The maximum absolute atomic E-state index is 12.5. The van der Waals surface area contributed by atoms with E-state index in [0.717, 1.165) is 5.56 Å². The zero-order valence-corrected chi connectivity index (χ0v) is 15.9. The third-order valence-corrected chi connectivity index (χ3v) is 5.85. The van der Waals surface area contributed by atoms with Gasteiger partial charge in [-0.05, 0) is 55.3 Å². The van der Waals surface area contributed by atoms with Crippen LogP contribution in [0.25, 0.3) is 0 Å². The molecule has 1 atom stereocenters. The number of amides is 1. The van der Waals surface area contributed by atoms with Gasteiger partial charge in [-0.25, -0.2) is 8.42 Å². The van der Waals surface area contributed by atoms with Crippen molar-refractivity contribution in [3.8, 4) is 0 Å². The molecule has 0 aliphatic carbocycles. The first-order chi connectivity index (χ1) is 11.7. The maximum atomic E-state index is 12.5. The molecule has 1 heterocycles. The molecule has 1 aliphatic rings. The standard InChI is InChI=1S/C17H16Cl2N2O3S/c1-10-7-12-8-11(3-6-16(12)21(10)25(2,23)24)17(22)20-15-5-4-13(18)9-14(15)19/h3-6,8-10H,7H2,1-2H3,(H,20,22)/t10-/m0/s1. The lowest BCUT2D eigenvalue weighted by molar-refractivity contribution is 0.102. The van der Waals surface area contributed by atoms with Crippen molar-refractivity contribution in [2.75, 3.05) is 15.9 Å². The van der Waals surface area contributed by atoms with Crippen molar-refractivity contribution < 1.29 is 13.2 Å². The van der Waals surface area contributed by atoms with Crippen molar-refractivity contribution >= 4 is 50.5 Å². The molecule has 0 saturated carbocycles. The predicted octanol–water partition coefficient (Wildman–Crippen LogP) is 3.96. The van der Waals surface area contributed by atoms with Crippen molar-refractivity contribution in [3.63, 3.8) is 0 Å². The smallest absolute Gasteiger partial charge is 0.255 e. The quantitative estimate of drug-likeness (QED) is 0.850. The Labute approximate surface area is 156 Å². The molecule has 2 aromatic carbocycles. The molecule has 2 aromatic rings. The molecule has 1 N–H and O–H groups in total. The highest BCUT2D eigenvalue weighted by molar-refractivity contribution is 7.92. The SMILES string of the molecule is C[C@H]1Cc2cc(C(=O)Nc3ccc(Cl)cc3Cl)ccc2N1S(C)(=O)=O. The van der Waals surface area contributed by atoms with Crippen molar-refractivity contribution in [2.45, 2.75) is 19.4 Å². The first-order valence-corrected chi connectivity index (χ1v) is 10.2. The van der Waals surface area contributed by atoms with Gasteiger partial charge in [0.15, 0.2) is 0 Å². The number of fused-ring (bicyclic) bond motifs is 1. The van der Waals surface area contributed by atoms with Gasteiger partial charge < -0.3 is 5.32 Å². The second kappa shape index (κ2) is 6.52. The Hall–Kier alpha value is -1.76. The minimum atomic E-state index is -3.35. The van der Waals surface area contributed by atoms with Gasteiger partial charge in [-0.3, -0.25) is 9.10 Å². The summed E-state index contributed by atoms with van der Waals surface area (Å²) in [7, 11) is -3.35. The van der Waals surface area contributed by atoms with Crippen LogP contribution in [0.1, 0.15) is 22.8 Å². The molecule has 0 unspecified atom stereocenters. The number of rotatable bonds is 3. The molecule has 1 amide bonds. The molecule has 0 saturated heterocycles. The minimum Gasteiger partial charge on any atom is -0.321 e. The molecule has 0 aromatic heterocycles. The number of sulfonamides is 1. The number of benzene rings is 2. The van der Waals surface area contributed by atoms with E-state index in [4.69, 9.17) is 23.2 Å². The summed E-state index contributed by atoms with van der Waals surface area (Å²) in [6.45, 7) is 1.84. The first-order valence-electron chi connectivity index (χ1n) is 7.55. The molecule has 0 bridgehead atoms. The fourth-order valence-corrected chi connectivity index (χ4v) is 4.75. The van der Waals surface area contributed by atoms with Crippen molar-refractivity contribution in [1.82, 2.24) is 0 Å². The lowest BCUT2D eigenvalue weighted by atomic mass is 10.1. The number of carbonyl (C=O) groups excluding carboxylic acids is 1. The Morgan fingerprint density at radius 2 is 1.92 bits per heavy atom. The van der Waals surface area contributed by atoms with Gasteiger partial charge in [0.05, 0.1) is 22.7 Å². The molecule has 3 rings (SSSR count). The number of halogens is 2. The van der Waals surface area contributed by atoms with Gasteiger partial charge in [-0.2, -0.15) is 0 Å². The van der Waals surface area contributed by atoms with Crippen LogP contribution in [0, 0.1) is 0 Å². The topological polar surface area (TPSA) is 66.5 Å².